The Morgan fingerprint density at radius 1 is 1.35 bits per heavy atom. The summed E-state index contributed by atoms with van der Waals surface area (Å²) in [6.45, 7) is 11.3. The Morgan fingerprint density at radius 3 is 2.70 bits per heavy atom. The van der Waals surface area contributed by atoms with Gasteiger partial charge in [-0.1, -0.05) is 51.1 Å². The molecule has 0 bridgehead atoms. The average molecular weight is 317 g/mol. The Hall–Kier alpha value is -1.55. The van der Waals surface area contributed by atoms with Gasteiger partial charge in [-0.25, -0.2) is 0 Å². The van der Waals surface area contributed by atoms with Gasteiger partial charge in [0, 0.05) is 26.7 Å². The molecule has 0 spiro atoms. The number of benzene rings is 1. The predicted molar refractivity (Wildman–Crippen MR) is 96.6 cm³/mol. The minimum Gasteiger partial charge on any atom is -0.376 e. The molecule has 1 aliphatic heterocycles. The van der Waals surface area contributed by atoms with E-state index in [0.717, 1.165) is 32.2 Å². The van der Waals surface area contributed by atoms with Crippen LogP contribution in [-0.2, 0) is 11.3 Å². The van der Waals surface area contributed by atoms with Crippen molar-refractivity contribution in [3.05, 3.63) is 35.9 Å². The van der Waals surface area contributed by atoms with E-state index in [1.807, 2.05) is 25.2 Å². The monoisotopic (exact) mass is 317 g/mol. The van der Waals surface area contributed by atoms with Crippen molar-refractivity contribution in [1.29, 1.82) is 0 Å². The first-order valence-electron chi connectivity index (χ1n) is 8.57. The van der Waals surface area contributed by atoms with Gasteiger partial charge in [-0.15, -0.1) is 0 Å². The SMILES string of the molecule is CN=C(NCC(C)COCc1ccccc1)N1CCC(C)(C)C1. The van der Waals surface area contributed by atoms with Crippen LogP contribution in [0.15, 0.2) is 35.3 Å². The average Bonchev–Trinajstić information content (AvgIpc) is 2.89. The minimum atomic E-state index is 0.391. The molecule has 4 nitrogen and oxygen atoms in total. The summed E-state index contributed by atoms with van der Waals surface area (Å²) in [4.78, 5) is 6.78. The van der Waals surface area contributed by atoms with E-state index in [1.165, 1.54) is 12.0 Å². The summed E-state index contributed by atoms with van der Waals surface area (Å²) in [6.07, 6.45) is 1.23. The van der Waals surface area contributed by atoms with E-state index in [-0.39, 0.29) is 0 Å². The van der Waals surface area contributed by atoms with Crippen LogP contribution in [0, 0.1) is 11.3 Å². The van der Waals surface area contributed by atoms with Gasteiger partial charge in [0.1, 0.15) is 0 Å². The molecule has 1 N–H and O–H groups in total. The van der Waals surface area contributed by atoms with Gasteiger partial charge in [0.05, 0.1) is 13.2 Å². The third-order valence-corrected chi connectivity index (χ3v) is 4.31. The lowest BCUT2D eigenvalue weighted by molar-refractivity contribution is 0.0929. The molecule has 0 aliphatic carbocycles. The van der Waals surface area contributed by atoms with Crippen LogP contribution in [-0.4, -0.2) is 44.1 Å². The van der Waals surface area contributed by atoms with Crippen molar-refractivity contribution in [2.45, 2.75) is 33.8 Å². The van der Waals surface area contributed by atoms with Gasteiger partial charge in [-0.05, 0) is 23.3 Å². The van der Waals surface area contributed by atoms with Crippen LogP contribution in [0.4, 0.5) is 0 Å². The number of nitrogens with one attached hydrogen (secondary N) is 1. The topological polar surface area (TPSA) is 36.9 Å². The highest BCUT2D eigenvalue weighted by Crippen LogP contribution is 2.28. The maximum atomic E-state index is 5.81. The molecular weight excluding hydrogens is 286 g/mol. The summed E-state index contributed by atoms with van der Waals surface area (Å²) in [5.41, 5.74) is 1.62. The zero-order valence-electron chi connectivity index (χ0n) is 15.0. The van der Waals surface area contributed by atoms with Crippen LogP contribution in [0.3, 0.4) is 0 Å². The molecule has 128 valence electrons. The Labute approximate surface area is 140 Å². The van der Waals surface area contributed by atoms with Crippen molar-refractivity contribution in [2.24, 2.45) is 16.3 Å². The van der Waals surface area contributed by atoms with Gasteiger partial charge in [0.15, 0.2) is 5.96 Å². The maximum Gasteiger partial charge on any atom is 0.193 e. The van der Waals surface area contributed by atoms with Gasteiger partial charge in [0.2, 0.25) is 0 Å². The van der Waals surface area contributed by atoms with Crippen LogP contribution < -0.4 is 5.32 Å². The molecular formula is C19H31N3O. The van der Waals surface area contributed by atoms with Gasteiger partial charge in [-0.2, -0.15) is 0 Å². The largest absolute Gasteiger partial charge is 0.376 e. The summed E-state index contributed by atoms with van der Waals surface area (Å²) in [6, 6.07) is 10.3. The second-order valence-electron chi connectivity index (χ2n) is 7.37. The zero-order valence-corrected chi connectivity index (χ0v) is 15.0. The van der Waals surface area contributed by atoms with Crippen molar-refractivity contribution < 1.29 is 4.74 Å². The second kappa shape index (κ2) is 8.34. The number of aliphatic imine (C=N–C) groups is 1. The Balaban J connectivity index is 1.68. The second-order valence-corrected chi connectivity index (χ2v) is 7.37. The standard InChI is InChI=1S/C19H31N3O/c1-16(13-23-14-17-8-6-5-7-9-17)12-21-18(20-4)22-11-10-19(2,3)15-22/h5-9,16H,10-15H2,1-4H3,(H,20,21). The number of hydrogen-bond acceptors (Lipinski definition) is 2. The summed E-state index contributed by atoms with van der Waals surface area (Å²) >= 11 is 0. The molecule has 23 heavy (non-hydrogen) atoms. The summed E-state index contributed by atoms with van der Waals surface area (Å²) in [7, 11) is 1.87. The molecule has 0 saturated carbocycles. The normalized spacial score (nSPS) is 19.0. The van der Waals surface area contributed by atoms with E-state index in [2.05, 4.69) is 48.1 Å². The highest BCUT2D eigenvalue weighted by Gasteiger charge is 2.30. The lowest BCUT2D eigenvalue weighted by Crippen LogP contribution is -2.42. The number of guanidine groups is 1. The van der Waals surface area contributed by atoms with Crippen LogP contribution in [0.1, 0.15) is 32.8 Å². The molecule has 1 aliphatic rings. The van der Waals surface area contributed by atoms with Gasteiger partial charge in [-0.3, -0.25) is 4.99 Å². The first-order valence-corrected chi connectivity index (χ1v) is 8.57. The molecule has 1 heterocycles. The van der Waals surface area contributed by atoms with Crippen LogP contribution in [0.25, 0.3) is 0 Å². The first-order chi connectivity index (χ1) is 11.0. The highest BCUT2D eigenvalue weighted by atomic mass is 16.5. The van der Waals surface area contributed by atoms with Crippen molar-refractivity contribution in [1.82, 2.24) is 10.2 Å². The van der Waals surface area contributed by atoms with Crippen molar-refractivity contribution >= 4 is 5.96 Å². The van der Waals surface area contributed by atoms with Gasteiger partial charge >= 0.3 is 0 Å². The van der Waals surface area contributed by atoms with Crippen molar-refractivity contribution in [3.8, 4) is 0 Å². The molecule has 0 radical (unpaired) electrons. The minimum absolute atomic E-state index is 0.391. The molecule has 0 amide bonds. The van der Waals surface area contributed by atoms with E-state index < -0.39 is 0 Å². The summed E-state index contributed by atoms with van der Waals surface area (Å²) in [5, 5.41) is 3.49. The first kappa shape index (κ1) is 17.8. The fourth-order valence-electron chi connectivity index (χ4n) is 2.90. The Bertz CT molecular complexity index is 499. The quantitative estimate of drug-likeness (QED) is 0.647. The molecule has 1 fully saturated rings. The van der Waals surface area contributed by atoms with Crippen molar-refractivity contribution in [3.63, 3.8) is 0 Å². The highest BCUT2D eigenvalue weighted by molar-refractivity contribution is 5.80. The molecule has 1 aromatic rings. The summed E-state index contributed by atoms with van der Waals surface area (Å²) in [5.74, 6) is 1.47. The van der Waals surface area contributed by atoms with Crippen molar-refractivity contribution in [2.75, 3.05) is 33.3 Å². The Kier molecular flexibility index (Phi) is 6.46. The van der Waals surface area contributed by atoms with E-state index in [1.54, 1.807) is 0 Å². The molecule has 4 heteroatoms. The molecule has 2 rings (SSSR count). The van der Waals surface area contributed by atoms with E-state index in [0.29, 0.717) is 17.9 Å². The molecule has 1 unspecified atom stereocenters. The fraction of sp³-hybridized carbons (Fsp3) is 0.632. The lowest BCUT2D eigenvalue weighted by atomic mass is 9.93. The number of ether oxygens (including phenoxy) is 1. The third-order valence-electron chi connectivity index (χ3n) is 4.31. The molecule has 1 atom stereocenters. The molecule has 0 aromatic heterocycles. The molecule has 1 saturated heterocycles. The predicted octanol–water partition coefficient (Wildman–Crippen LogP) is 3.15. The smallest absolute Gasteiger partial charge is 0.193 e. The van der Waals surface area contributed by atoms with Gasteiger partial charge in [0.25, 0.3) is 0 Å². The number of rotatable bonds is 6. The fourth-order valence-corrected chi connectivity index (χ4v) is 2.90. The number of nitrogens with zero attached hydrogens (tertiary/aromatic N) is 2. The maximum absolute atomic E-state index is 5.81. The van der Waals surface area contributed by atoms with E-state index in [4.69, 9.17) is 4.74 Å². The van der Waals surface area contributed by atoms with Crippen LogP contribution >= 0.6 is 0 Å². The van der Waals surface area contributed by atoms with Crippen LogP contribution in [0.2, 0.25) is 0 Å². The molecule has 1 aromatic carbocycles. The summed E-state index contributed by atoms with van der Waals surface area (Å²) < 4.78 is 5.81. The van der Waals surface area contributed by atoms with Crippen LogP contribution in [0.5, 0.6) is 0 Å². The zero-order chi connectivity index (χ0) is 16.7. The number of likely N-dealkylation sites (tertiary alicyclic amines) is 1. The Morgan fingerprint density at radius 2 is 2.09 bits per heavy atom. The van der Waals surface area contributed by atoms with E-state index in [9.17, 15) is 0 Å². The van der Waals surface area contributed by atoms with E-state index >= 15 is 0 Å². The number of hydrogen-bond donors (Lipinski definition) is 1. The van der Waals surface area contributed by atoms with Gasteiger partial charge < -0.3 is 15.0 Å². The lowest BCUT2D eigenvalue weighted by Gasteiger charge is -2.24. The third kappa shape index (κ3) is 5.87.